The van der Waals surface area contributed by atoms with Gasteiger partial charge in [0.2, 0.25) is 5.43 Å². The normalized spacial score (nSPS) is 16.5. The standard InChI is InChI=1S/C20H24N2O3/c1-25-17-9-7-16(8-10-17)20(24)15-21-11-13-22(14-12-21)18-5-3-2-4-6-19(18)23/h2-10,20,24H,11-15H2,1H3. The van der Waals surface area contributed by atoms with Gasteiger partial charge in [-0.3, -0.25) is 9.69 Å². The SMILES string of the molecule is COc1ccc(C(O)CN2CCN(c3cccccc3=O)CC2)cc1. The summed E-state index contributed by atoms with van der Waals surface area (Å²) in [5, 5.41) is 10.5. The molecular weight excluding hydrogens is 316 g/mol. The molecule has 0 aromatic heterocycles. The number of aliphatic hydroxyl groups excluding tert-OH is 1. The van der Waals surface area contributed by atoms with E-state index in [2.05, 4.69) is 9.80 Å². The van der Waals surface area contributed by atoms with E-state index in [4.69, 9.17) is 4.74 Å². The summed E-state index contributed by atoms with van der Waals surface area (Å²) in [4.78, 5) is 16.5. The van der Waals surface area contributed by atoms with Crippen molar-refractivity contribution in [1.82, 2.24) is 4.90 Å². The molecule has 1 N–H and O–H groups in total. The summed E-state index contributed by atoms with van der Waals surface area (Å²) in [5.41, 5.74) is 1.69. The summed E-state index contributed by atoms with van der Waals surface area (Å²) in [7, 11) is 1.63. The van der Waals surface area contributed by atoms with Gasteiger partial charge in [0.1, 0.15) is 5.75 Å². The molecular formula is C20H24N2O3. The van der Waals surface area contributed by atoms with Crippen LogP contribution in [0.5, 0.6) is 5.75 Å². The number of rotatable bonds is 5. The van der Waals surface area contributed by atoms with Gasteiger partial charge in [-0.2, -0.15) is 0 Å². The lowest BCUT2D eigenvalue weighted by Crippen LogP contribution is -2.48. The fourth-order valence-corrected chi connectivity index (χ4v) is 3.13. The zero-order valence-electron chi connectivity index (χ0n) is 14.5. The molecule has 0 spiro atoms. The highest BCUT2D eigenvalue weighted by molar-refractivity contribution is 5.45. The molecule has 3 rings (SSSR count). The maximum Gasteiger partial charge on any atom is 0.201 e. The van der Waals surface area contributed by atoms with Gasteiger partial charge in [-0.15, -0.1) is 0 Å². The molecule has 1 atom stereocenters. The minimum absolute atomic E-state index is 0.0525. The molecule has 25 heavy (non-hydrogen) atoms. The van der Waals surface area contributed by atoms with Crippen LogP contribution in [0.15, 0.2) is 59.4 Å². The monoisotopic (exact) mass is 340 g/mol. The highest BCUT2D eigenvalue weighted by atomic mass is 16.5. The number of hydrogen-bond acceptors (Lipinski definition) is 5. The smallest absolute Gasteiger partial charge is 0.201 e. The van der Waals surface area contributed by atoms with E-state index in [0.29, 0.717) is 6.54 Å². The molecule has 5 heteroatoms. The van der Waals surface area contributed by atoms with Crippen LogP contribution in [0.25, 0.3) is 0 Å². The zero-order chi connectivity index (χ0) is 17.6. The lowest BCUT2D eigenvalue weighted by molar-refractivity contribution is 0.109. The molecule has 0 amide bonds. The van der Waals surface area contributed by atoms with Crippen molar-refractivity contribution in [1.29, 1.82) is 0 Å². The third-order valence-electron chi connectivity index (χ3n) is 4.62. The summed E-state index contributed by atoms with van der Waals surface area (Å²) in [6, 6.07) is 16.5. The van der Waals surface area contributed by atoms with E-state index in [1.165, 1.54) is 0 Å². The van der Waals surface area contributed by atoms with Crippen LogP contribution in [0, 0.1) is 0 Å². The predicted molar refractivity (Wildman–Crippen MR) is 99.3 cm³/mol. The van der Waals surface area contributed by atoms with Gasteiger partial charge in [-0.1, -0.05) is 30.3 Å². The van der Waals surface area contributed by atoms with Gasteiger partial charge in [0.05, 0.1) is 18.9 Å². The minimum atomic E-state index is -0.526. The third kappa shape index (κ3) is 4.38. The molecule has 0 radical (unpaired) electrons. The Morgan fingerprint density at radius 3 is 2.36 bits per heavy atom. The van der Waals surface area contributed by atoms with Crippen LogP contribution in [-0.4, -0.2) is 49.8 Å². The number of β-amino-alcohol motifs (C(OH)–C–C–N with tert-alkyl or cyclic N) is 1. The van der Waals surface area contributed by atoms with E-state index >= 15 is 0 Å². The molecule has 0 aliphatic carbocycles. The first kappa shape index (κ1) is 17.5. The van der Waals surface area contributed by atoms with E-state index in [0.717, 1.165) is 43.2 Å². The number of benzene rings is 1. The van der Waals surface area contributed by atoms with E-state index in [1.54, 1.807) is 19.2 Å². The van der Waals surface area contributed by atoms with Gasteiger partial charge in [0.15, 0.2) is 0 Å². The number of piperazine rings is 1. The predicted octanol–water partition coefficient (Wildman–Crippen LogP) is 1.91. The summed E-state index contributed by atoms with van der Waals surface area (Å²) >= 11 is 0. The first-order chi connectivity index (χ1) is 12.2. The van der Waals surface area contributed by atoms with Crippen molar-refractivity contribution in [2.45, 2.75) is 6.10 Å². The number of aliphatic hydroxyl groups is 1. The molecule has 2 aromatic rings. The minimum Gasteiger partial charge on any atom is -0.497 e. The van der Waals surface area contributed by atoms with E-state index in [1.807, 2.05) is 42.5 Å². The molecule has 0 saturated carbocycles. The number of methoxy groups -OCH3 is 1. The van der Waals surface area contributed by atoms with Crippen molar-refractivity contribution in [3.05, 3.63) is 70.4 Å². The van der Waals surface area contributed by atoms with Crippen LogP contribution < -0.4 is 15.1 Å². The average molecular weight is 340 g/mol. The largest absolute Gasteiger partial charge is 0.497 e. The fraction of sp³-hybridized carbons (Fsp3) is 0.350. The molecule has 1 fully saturated rings. The molecule has 0 bridgehead atoms. The van der Waals surface area contributed by atoms with Gasteiger partial charge in [-0.25, -0.2) is 0 Å². The zero-order valence-corrected chi connectivity index (χ0v) is 14.5. The van der Waals surface area contributed by atoms with Gasteiger partial charge in [0, 0.05) is 32.7 Å². The Morgan fingerprint density at radius 1 is 1.00 bits per heavy atom. The lowest BCUT2D eigenvalue weighted by Gasteiger charge is -2.36. The second-order valence-electron chi connectivity index (χ2n) is 6.24. The van der Waals surface area contributed by atoms with Crippen LogP contribution in [0.3, 0.4) is 0 Å². The third-order valence-corrected chi connectivity index (χ3v) is 4.62. The summed E-state index contributed by atoms with van der Waals surface area (Å²) in [6.45, 7) is 3.81. The highest BCUT2D eigenvalue weighted by Gasteiger charge is 2.21. The van der Waals surface area contributed by atoms with Gasteiger partial charge in [-0.05, 0) is 29.8 Å². The Kier molecular flexibility index (Phi) is 5.68. The van der Waals surface area contributed by atoms with Crippen molar-refractivity contribution in [3.8, 4) is 5.75 Å². The molecule has 5 nitrogen and oxygen atoms in total. The second kappa shape index (κ2) is 8.14. The van der Waals surface area contributed by atoms with Crippen LogP contribution >= 0.6 is 0 Å². The molecule has 1 saturated heterocycles. The molecule has 1 heterocycles. The number of hydrogen-bond donors (Lipinski definition) is 1. The first-order valence-corrected chi connectivity index (χ1v) is 8.56. The Hall–Kier alpha value is -2.37. The Labute approximate surface area is 148 Å². The van der Waals surface area contributed by atoms with Crippen molar-refractivity contribution >= 4 is 5.69 Å². The van der Waals surface area contributed by atoms with Crippen LogP contribution in [0.1, 0.15) is 11.7 Å². The van der Waals surface area contributed by atoms with E-state index < -0.39 is 6.10 Å². The highest BCUT2D eigenvalue weighted by Crippen LogP contribution is 2.19. The molecule has 1 aliphatic heterocycles. The van der Waals surface area contributed by atoms with Crippen molar-refractivity contribution in [2.75, 3.05) is 44.7 Å². The number of nitrogens with zero attached hydrogens (tertiary/aromatic N) is 2. The maximum atomic E-state index is 12.1. The lowest BCUT2D eigenvalue weighted by atomic mass is 10.1. The summed E-state index contributed by atoms with van der Waals surface area (Å²) < 4.78 is 5.15. The summed E-state index contributed by atoms with van der Waals surface area (Å²) in [6.07, 6.45) is -0.526. The second-order valence-corrected chi connectivity index (χ2v) is 6.24. The van der Waals surface area contributed by atoms with Crippen LogP contribution in [0.4, 0.5) is 5.69 Å². The van der Waals surface area contributed by atoms with E-state index in [9.17, 15) is 9.90 Å². The average Bonchev–Trinajstić information content (AvgIpc) is 2.87. The van der Waals surface area contributed by atoms with Gasteiger partial charge >= 0.3 is 0 Å². The van der Waals surface area contributed by atoms with Crippen LogP contribution in [-0.2, 0) is 0 Å². The Balaban J connectivity index is 1.57. The van der Waals surface area contributed by atoms with Gasteiger partial charge < -0.3 is 14.7 Å². The van der Waals surface area contributed by atoms with Crippen molar-refractivity contribution in [3.63, 3.8) is 0 Å². The van der Waals surface area contributed by atoms with E-state index in [-0.39, 0.29) is 5.43 Å². The Bertz CT molecular complexity index is 740. The Morgan fingerprint density at radius 2 is 1.68 bits per heavy atom. The quantitative estimate of drug-likeness (QED) is 0.901. The van der Waals surface area contributed by atoms with Crippen molar-refractivity contribution < 1.29 is 9.84 Å². The van der Waals surface area contributed by atoms with Crippen LogP contribution in [0.2, 0.25) is 0 Å². The molecule has 2 aromatic carbocycles. The van der Waals surface area contributed by atoms with Crippen molar-refractivity contribution in [2.24, 2.45) is 0 Å². The first-order valence-electron chi connectivity index (χ1n) is 8.56. The number of anilines is 1. The maximum absolute atomic E-state index is 12.1. The molecule has 132 valence electrons. The fourth-order valence-electron chi connectivity index (χ4n) is 3.13. The molecule has 1 aliphatic rings. The van der Waals surface area contributed by atoms with Gasteiger partial charge in [0.25, 0.3) is 0 Å². The topological polar surface area (TPSA) is 53.0 Å². The number of ether oxygens (including phenoxy) is 1. The molecule has 1 unspecified atom stereocenters. The summed E-state index contributed by atoms with van der Waals surface area (Å²) in [5.74, 6) is 0.786.